The number of pyridine rings is 1. The van der Waals surface area contributed by atoms with E-state index < -0.39 is 5.60 Å². The molecule has 2 heterocycles. The lowest BCUT2D eigenvalue weighted by Crippen LogP contribution is -2.36. The highest BCUT2D eigenvalue weighted by Gasteiger charge is 2.33. The van der Waals surface area contributed by atoms with Crippen LogP contribution in [0.15, 0.2) is 36.5 Å². The maximum Gasteiger partial charge on any atom is 0.410 e. The molecule has 25 heavy (non-hydrogen) atoms. The van der Waals surface area contributed by atoms with Gasteiger partial charge in [-0.3, -0.25) is 9.78 Å². The predicted octanol–water partition coefficient (Wildman–Crippen LogP) is 3.43. The van der Waals surface area contributed by atoms with Crippen LogP contribution in [0.1, 0.15) is 27.2 Å². The lowest BCUT2D eigenvalue weighted by atomic mass is 10.1. The summed E-state index contributed by atoms with van der Waals surface area (Å²) in [4.78, 5) is 30.5. The van der Waals surface area contributed by atoms with Gasteiger partial charge >= 0.3 is 6.09 Å². The number of carbonyl (C=O) groups excluding carboxylic acids is 2. The second-order valence-electron chi connectivity index (χ2n) is 7.31. The van der Waals surface area contributed by atoms with Gasteiger partial charge in [-0.15, -0.1) is 0 Å². The number of nitrogens with one attached hydrogen (secondary N) is 1. The van der Waals surface area contributed by atoms with Gasteiger partial charge < -0.3 is 15.0 Å². The molecule has 0 saturated carbocycles. The molecule has 1 saturated heterocycles. The summed E-state index contributed by atoms with van der Waals surface area (Å²) in [5, 5.41) is 3.91. The van der Waals surface area contributed by atoms with Crippen molar-refractivity contribution in [1.82, 2.24) is 9.88 Å². The Morgan fingerprint density at radius 3 is 2.84 bits per heavy atom. The zero-order chi connectivity index (χ0) is 18.0. The molecule has 1 unspecified atom stereocenters. The molecule has 6 nitrogen and oxygen atoms in total. The third-order valence-corrected chi connectivity index (χ3v) is 4.08. The van der Waals surface area contributed by atoms with Crippen LogP contribution < -0.4 is 5.32 Å². The highest BCUT2D eigenvalue weighted by molar-refractivity contribution is 5.95. The van der Waals surface area contributed by atoms with Crippen molar-refractivity contribution in [3.05, 3.63) is 36.5 Å². The average Bonchev–Trinajstić information content (AvgIpc) is 3.03. The lowest BCUT2D eigenvalue weighted by molar-refractivity contribution is -0.119. The summed E-state index contributed by atoms with van der Waals surface area (Å²) >= 11 is 0. The first-order chi connectivity index (χ1) is 11.8. The Morgan fingerprint density at radius 1 is 1.28 bits per heavy atom. The van der Waals surface area contributed by atoms with E-state index in [1.807, 2.05) is 51.1 Å². The van der Waals surface area contributed by atoms with Crippen LogP contribution in [-0.4, -0.2) is 40.6 Å². The molecule has 2 amide bonds. The third-order valence-electron chi connectivity index (χ3n) is 4.08. The molecule has 0 aliphatic carbocycles. The fraction of sp³-hybridized carbons (Fsp3) is 0.421. The minimum absolute atomic E-state index is 0.0747. The van der Waals surface area contributed by atoms with Crippen LogP contribution in [-0.2, 0) is 9.53 Å². The molecule has 1 atom stereocenters. The molecule has 1 aromatic carbocycles. The maximum absolute atomic E-state index is 12.5. The normalized spacial score (nSPS) is 17.6. The number of fused-ring (bicyclic) bond motifs is 1. The third kappa shape index (κ3) is 4.26. The monoisotopic (exact) mass is 341 g/mol. The molecule has 0 radical (unpaired) electrons. The van der Waals surface area contributed by atoms with E-state index in [0.29, 0.717) is 19.5 Å². The summed E-state index contributed by atoms with van der Waals surface area (Å²) in [5.41, 5.74) is 1.09. The SMILES string of the molecule is CC(C)(C)OC(=O)N1CCC(C(=O)Nc2ccc3ncccc3c2)C1. The van der Waals surface area contributed by atoms with Gasteiger partial charge in [0.05, 0.1) is 11.4 Å². The van der Waals surface area contributed by atoms with Crippen LogP contribution >= 0.6 is 0 Å². The fourth-order valence-corrected chi connectivity index (χ4v) is 2.86. The van der Waals surface area contributed by atoms with E-state index in [2.05, 4.69) is 10.3 Å². The quantitative estimate of drug-likeness (QED) is 0.908. The van der Waals surface area contributed by atoms with Crippen LogP contribution in [0.3, 0.4) is 0 Å². The van der Waals surface area contributed by atoms with Gasteiger partial charge in [-0.05, 0) is 51.5 Å². The predicted molar refractivity (Wildman–Crippen MR) is 96.3 cm³/mol. The maximum atomic E-state index is 12.5. The Bertz CT molecular complexity index is 798. The molecule has 0 bridgehead atoms. The van der Waals surface area contributed by atoms with Crippen molar-refractivity contribution in [2.45, 2.75) is 32.8 Å². The summed E-state index contributed by atoms with van der Waals surface area (Å²) in [5.74, 6) is -0.300. The van der Waals surface area contributed by atoms with E-state index in [1.54, 1.807) is 11.1 Å². The number of benzene rings is 1. The number of hydrogen-bond donors (Lipinski definition) is 1. The van der Waals surface area contributed by atoms with E-state index in [-0.39, 0.29) is 17.9 Å². The van der Waals surface area contributed by atoms with Gasteiger partial charge in [-0.25, -0.2) is 4.79 Å². The second kappa shape index (κ2) is 6.70. The number of nitrogens with zero attached hydrogens (tertiary/aromatic N) is 2. The number of rotatable bonds is 2. The number of ether oxygens (including phenoxy) is 1. The Balaban J connectivity index is 1.61. The van der Waals surface area contributed by atoms with E-state index in [9.17, 15) is 9.59 Å². The van der Waals surface area contributed by atoms with Crippen molar-refractivity contribution < 1.29 is 14.3 Å². The van der Waals surface area contributed by atoms with Gasteiger partial charge in [-0.2, -0.15) is 0 Å². The van der Waals surface area contributed by atoms with Crippen molar-refractivity contribution in [2.75, 3.05) is 18.4 Å². The number of amides is 2. The van der Waals surface area contributed by atoms with Crippen molar-refractivity contribution in [2.24, 2.45) is 5.92 Å². The van der Waals surface area contributed by atoms with Gasteiger partial charge in [0.15, 0.2) is 0 Å². The van der Waals surface area contributed by atoms with Crippen molar-refractivity contribution in [1.29, 1.82) is 0 Å². The minimum atomic E-state index is -0.531. The zero-order valence-electron chi connectivity index (χ0n) is 14.8. The van der Waals surface area contributed by atoms with Gasteiger partial charge in [0.1, 0.15) is 5.60 Å². The highest BCUT2D eigenvalue weighted by Crippen LogP contribution is 2.22. The van der Waals surface area contributed by atoms with Crippen LogP contribution in [0.25, 0.3) is 10.9 Å². The number of anilines is 1. The number of likely N-dealkylation sites (tertiary alicyclic amines) is 1. The Labute approximate surface area is 147 Å². The summed E-state index contributed by atoms with van der Waals surface area (Å²) in [6.45, 7) is 6.42. The molecule has 3 rings (SSSR count). The topological polar surface area (TPSA) is 71.5 Å². The lowest BCUT2D eigenvalue weighted by Gasteiger charge is -2.24. The molecule has 132 valence electrons. The first-order valence-corrected chi connectivity index (χ1v) is 8.45. The van der Waals surface area contributed by atoms with Gasteiger partial charge in [0.2, 0.25) is 5.91 Å². The highest BCUT2D eigenvalue weighted by atomic mass is 16.6. The van der Waals surface area contributed by atoms with Crippen LogP contribution in [0.5, 0.6) is 0 Å². The van der Waals surface area contributed by atoms with E-state index in [1.165, 1.54) is 0 Å². The van der Waals surface area contributed by atoms with E-state index in [0.717, 1.165) is 16.6 Å². The second-order valence-corrected chi connectivity index (χ2v) is 7.31. The fourth-order valence-electron chi connectivity index (χ4n) is 2.86. The van der Waals surface area contributed by atoms with E-state index in [4.69, 9.17) is 4.74 Å². The molecule has 0 spiro atoms. The smallest absolute Gasteiger partial charge is 0.410 e. The summed E-state index contributed by atoms with van der Waals surface area (Å²) < 4.78 is 5.36. The van der Waals surface area contributed by atoms with Crippen LogP contribution in [0.2, 0.25) is 0 Å². The van der Waals surface area contributed by atoms with Crippen molar-refractivity contribution in [3.63, 3.8) is 0 Å². The molecular weight excluding hydrogens is 318 g/mol. The van der Waals surface area contributed by atoms with Crippen molar-refractivity contribution in [3.8, 4) is 0 Å². The molecule has 1 fully saturated rings. The molecule has 1 aliphatic rings. The largest absolute Gasteiger partial charge is 0.444 e. The average molecular weight is 341 g/mol. The minimum Gasteiger partial charge on any atom is -0.444 e. The van der Waals surface area contributed by atoms with Crippen molar-refractivity contribution >= 4 is 28.6 Å². The summed E-state index contributed by atoms with van der Waals surface area (Å²) in [7, 11) is 0. The molecular formula is C19H23N3O3. The molecule has 2 aromatic rings. The Morgan fingerprint density at radius 2 is 2.08 bits per heavy atom. The van der Waals surface area contributed by atoms with Gasteiger partial charge in [-0.1, -0.05) is 6.07 Å². The molecule has 1 N–H and O–H groups in total. The first-order valence-electron chi connectivity index (χ1n) is 8.45. The molecule has 6 heteroatoms. The molecule has 1 aliphatic heterocycles. The van der Waals surface area contributed by atoms with Crippen LogP contribution in [0.4, 0.5) is 10.5 Å². The van der Waals surface area contributed by atoms with Crippen LogP contribution in [0, 0.1) is 5.92 Å². The van der Waals surface area contributed by atoms with E-state index >= 15 is 0 Å². The number of aromatic nitrogens is 1. The summed E-state index contributed by atoms with van der Waals surface area (Å²) in [6.07, 6.45) is 2.02. The Hall–Kier alpha value is -2.63. The van der Waals surface area contributed by atoms with Gasteiger partial charge in [0, 0.05) is 30.4 Å². The number of carbonyl (C=O) groups is 2. The Kier molecular flexibility index (Phi) is 4.61. The number of hydrogen-bond acceptors (Lipinski definition) is 4. The first kappa shape index (κ1) is 17.2. The zero-order valence-corrected chi connectivity index (χ0v) is 14.8. The molecule has 1 aromatic heterocycles. The standard InChI is InChI=1S/C19H23N3O3/c1-19(2,3)25-18(24)22-10-8-14(12-22)17(23)21-15-6-7-16-13(11-15)5-4-9-20-16/h4-7,9,11,14H,8,10,12H2,1-3H3,(H,21,23). The summed E-state index contributed by atoms with van der Waals surface area (Å²) in [6, 6.07) is 9.45. The van der Waals surface area contributed by atoms with Gasteiger partial charge in [0.25, 0.3) is 0 Å².